The highest BCUT2D eigenvalue weighted by Gasteiger charge is 2.25. The number of benzene rings is 4. The normalized spacial score (nSPS) is 11.5. The van der Waals surface area contributed by atoms with Gasteiger partial charge < -0.3 is 20.7 Å². The Morgan fingerprint density at radius 1 is 0.484 bits per heavy atom. The van der Waals surface area contributed by atoms with Crippen LogP contribution in [0.1, 0.15) is 31.3 Å². The molecule has 0 spiro atoms. The molecule has 0 bridgehead atoms. The summed E-state index contributed by atoms with van der Waals surface area (Å²) in [6.45, 7) is 6.12. The number of methoxy groups -OCH3 is 1. The van der Waals surface area contributed by atoms with Gasteiger partial charge in [0.05, 0.1) is 83.3 Å². The number of aromatic nitrogens is 16. The topological polar surface area (TPSA) is 320 Å². The Bertz CT molecular complexity index is 5690. The molecule has 4 aromatic carbocycles. The number of H-pyrrole nitrogens is 3. The number of nitrogens with zero attached hydrogens (tertiary/aromatic N) is 14. The summed E-state index contributed by atoms with van der Waals surface area (Å²) >= 11 is 8.55. The quantitative estimate of drug-likeness (QED) is 0.0518. The van der Waals surface area contributed by atoms with Gasteiger partial charge in [-0.3, -0.25) is 31.2 Å². The van der Waals surface area contributed by atoms with Crippen molar-refractivity contribution in [2.24, 2.45) is 0 Å². The fraction of sp³-hybridized carbons (Fsp3) is 0.0820. The zero-order chi connectivity index (χ0) is 63.3. The van der Waals surface area contributed by atoms with Crippen LogP contribution in [0.3, 0.4) is 0 Å². The number of rotatable bonds is 13. The molecule has 0 aliphatic heterocycles. The summed E-state index contributed by atoms with van der Waals surface area (Å²) in [7, 11) is 1.59. The molecule has 17 rings (SSSR count). The van der Waals surface area contributed by atoms with Gasteiger partial charge >= 0.3 is 0 Å². The van der Waals surface area contributed by atoms with E-state index in [-0.39, 0.29) is 10.9 Å². The average Bonchev–Trinajstić information content (AvgIpc) is 1.96. The maximum atomic E-state index is 14.0. The molecule has 0 aliphatic rings. The molecular weight excluding hydrogens is 1300 g/mol. The van der Waals surface area contributed by atoms with Gasteiger partial charge in [-0.25, -0.2) is 43.7 Å². The second kappa shape index (κ2) is 24.3. The number of nitrogens with one attached hydrogen (secondary N) is 9. The monoisotopic (exact) mass is 1340 g/mol. The zero-order valence-corrected chi connectivity index (χ0v) is 53.5. The number of halogens is 2. The molecule has 0 aliphatic carbocycles. The molecule has 13 aromatic heterocycles. The van der Waals surface area contributed by atoms with E-state index in [1.807, 2.05) is 116 Å². The van der Waals surface area contributed by atoms with Gasteiger partial charge in [0.15, 0.2) is 38.7 Å². The number of aromatic amines is 3. The molecule has 0 amide bonds. The lowest BCUT2D eigenvalue weighted by Crippen LogP contribution is -2.13. The molecule has 458 valence electrons. The Hall–Kier alpha value is -11.1. The number of thiazole rings is 3. The molecule has 93 heavy (non-hydrogen) atoms. The van der Waals surface area contributed by atoms with Crippen molar-refractivity contribution in [1.82, 2.24) is 80.4 Å². The van der Waals surface area contributed by atoms with Gasteiger partial charge in [0.2, 0.25) is 23.7 Å². The van der Waals surface area contributed by atoms with Crippen LogP contribution in [-0.4, -0.2) is 87.5 Å². The molecule has 0 unspecified atom stereocenters. The van der Waals surface area contributed by atoms with E-state index in [9.17, 15) is 14.0 Å². The molecule has 13 heterocycles. The minimum absolute atomic E-state index is 0.109. The van der Waals surface area contributed by atoms with Gasteiger partial charge in [0.25, 0.3) is 0 Å². The van der Waals surface area contributed by atoms with Gasteiger partial charge in [-0.2, -0.15) is 35.5 Å². The van der Waals surface area contributed by atoms with Gasteiger partial charge in [0, 0.05) is 50.8 Å². The number of nitriles is 1. The second-order valence-electron chi connectivity index (χ2n) is 21.4. The first kappa shape index (κ1) is 58.3. The van der Waals surface area contributed by atoms with Crippen LogP contribution in [0.15, 0.2) is 132 Å². The molecule has 17 aromatic rings. The van der Waals surface area contributed by atoms with Crippen LogP contribution in [0.5, 0.6) is 5.88 Å². The summed E-state index contributed by atoms with van der Waals surface area (Å²) in [4.78, 5) is 47.0. The Labute approximate surface area is 546 Å². The van der Waals surface area contributed by atoms with Crippen molar-refractivity contribution in [2.45, 2.75) is 26.2 Å². The Kier molecular flexibility index (Phi) is 15.2. The summed E-state index contributed by atoms with van der Waals surface area (Å²) in [5, 5.41) is 60.7. The van der Waals surface area contributed by atoms with Crippen molar-refractivity contribution in [2.75, 3.05) is 39.0 Å². The number of thiophene rings is 3. The van der Waals surface area contributed by atoms with Crippen LogP contribution >= 0.6 is 68.0 Å². The predicted molar refractivity (Wildman–Crippen MR) is 369 cm³/mol. The highest BCUT2D eigenvalue weighted by molar-refractivity contribution is 7.22. The van der Waals surface area contributed by atoms with Gasteiger partial charge in [-0.05, 0) is 101 Å². The Balaban J connectivity index is 0.000000115. The summed E-state index contributed by atoms with van der Waals surface area (Å²) in [6, 6.07) is 31.6. The van der Waals surface area contributed by atoms with Gasteiger partial charge in [-0.1, -0.05) is 54.8 Å². The highest BCUT2D eigenvalue weighted by atomic mass is 32.1. The first-order valence-electron chi connectivity index (χ1n) is 27.9. The smallest absolute Gasteiger partial charge is 0.231 e. The molecule has 9 N–H and O–H groups in total. The summed E-state index contributed by atoms with van der Waals surface area (Å²) < 4.78 is 35.9. The van der Waals surface area contributed by atoms with Crippen molar-refractivity contribution in [3.05, 3.63) is 154 Å². The van der Waals surface area contributed by atoms with Crippen LogP contribution < -0.4 is 36.6 Å². The van der Waals surface area contributed by atoms with E-state index in [0.29, 0.717) is 60.3 Å². The number of hydrogen-bond acceptors (Lipinski definition) is 27. The maximum absolute atomic E-state index is 14.0. The average molecular weight is 1340 g/mol. The first-order valence-corrected chi connectivity index (χ1v) is 33.0. The fourth-order valence-corrected chi connectivity index (χ4v) is 14.7. The molecule has 0 fully saturated rings. The van der Waals surface area contributed by atoms with Crippen LogP contribution in [-0.2, 0) is 5.41 Å². The van der Waals surface area contributed by atoms with Crippen LogP contribution in [0.25, 0.3) is 83.9 Å². The van der Waals surface area contributed by atoms with Gasteiger partial charge in [-0.15, -0.1) is 34.0 Å². The maximum Gasteiger partial charge on any atom is 0.231 e. The van der Waals surface area contributed by atoms with Crippen molar-refractivity contribution < 1.29 is 13.5 Å². The minimum Gasteiger partial charge on any atom is -0.481 e. The predicted octanol–water partition coefficient (Wildman–Crippen LogP) is 16.7. The second-order valence-corrected chi connectivity index (χ2v) is 27.1. The van der Waals surface area contributed by atoms with E-state index in [2.05, 4.69) is 108 Å². The van der Waals surface area contributed by atoms with E-state index in [4.69, 9.17) is 14.7 Å². The number of pyridine rings is 1. The summed E-state index contributed by atoms with van der Waals surface area (Å²) in [6.07, 6.45) is 5.34. The lowest BCUT2D eigenvalue weighted by atomic mass is 9.91. The number of anilines is 12. The van der Waals surface area contributed by atoms with E-state index < -0.39 is 11.6 Å². The summed E-state index contributed by atoms with van der Waals surface area (Å²) in [5.74, 6) is 2.47. The van der Waals surface area contributed by atoms with Crippen molar-refractivity contribution in [1.29, 1.82) is 5.26 Å². The largest absolute Gasteiger partial charge is 0.481 e. The number of ether oxygens (including phenoxy) is 1. The summed E-state index contributed by atoms with van der Waals surface area (Å²) in [5.41, 5.74) is 9.47. The lowest BCUT2D eigenvalue weighted by Gasteiger charge is -2.15. The lowest BCUT2D eigenvalue weighted by molar-refractivity contribution is 0.400. The van der Waals surface area contributed by atoms with Crippen LogP contribution in [0, 0.1) is 23.0 Å². The molecule has 24 nitrogen and oxygen atoms in total. The first-order chi connectivity index (χ1) is 45.3. The molecule has 32 heteroatoms. The fourth-order valence-electron chi connectivity index (χ4n) is 9.71. The molecule has 0 saturated carbocycles. The third kappa shape index (κ3) is 12.2. The molecule has 0 saturated heterocycles. The van der Waals surface area contributed by atoms with Crippen LogP contribution in [0.4, 0.5) is 76.5 Å². The third-order valence-corrected chi connectivity index (χ3v) is 19.4. The third-order valence-electron chi connectivity index (χ3n) is 14.0. The molecular formula is C61H43F2N23OS6. The molecule has 0 atom stereocenters. The van der Waals surface area contributed by atoms with E-state index in [1.54, 1.807) is 54.4 Å². The van der Waals surface area contributed by atoms with Crippen molar-refractivity contribution >= 4 is 220 Å². The number of hydrogen-bond donors (Lipinski definition) is 9. The van der Waals surface area contributed by atoms with Crippen LogP contribution in [0.2, 0.25) is 0 Å². The zero-order valence-electron chi connectivity index (χ0n) is 48.6. The highest BCUT2D eigenvalue weighted by Crippen LogP contribution is 2.38. The van der Waals surface area contributed by atoms with E-state index >= 15 is 0 Å². The minimum atomic E-state index is -0.703. The standard InChI is InChI=1S/C21H18N8S2.C20H11F2N7S2.C20H14N8OS2/c1-21(2,3)17-15(9-22)31-20(26-17)28-19-25-14-6-7-30-16(14)18(27-19)24-12-4-5-13-11(8-12)10-23-29-13;21-10-6-12(22)16-15(7-10)31-20(26-16)28-19-25-14-3-4-30-17(14)18(27-19)24-11-1-2-13-9(5-11)8-23-29-13;1-29-15-5-4-14-18(25-15)31-20(24-14)27-19-23-13-6-7-30-16(13)17(26-19)22-11-2-3-12-10(8-11)9-21-28-12/h4-8,10H,1-3H3,(H,23,29)(H2,24,25,26,27,28);1-8H,(H,23,29)(H2,24,25,26,27,28);2-9H,1H3,(H,21,28)(H2,22,23,24,26,27). The van der Waals surface area contributed by atoms with Gasteiger partial charge in [0.1, 0.15) is 32.6 Å². The number of fused-ring (bicyclic) bond motifs is 8. The van der Waals surface area contributed by atoms with Crippen molar-refractivity contribution in [3.63, 3.8) is 0 Å². The SMILES string of the molecule is CC(C)(C)c1nc(Nc2nc(Nc3ccc4[nH]ncc4c3)c3sccc3n2)sc1C#N.COc1ccc2nc(Nc3nc(Nc4ccc5[nH]ncc5c4)c4sccc4n3)sc2n1.Fc1cc(F)c2nc(Nc3nc(Nc4ccc5[nH]ncc5c4)c4sccc4n3)sc2c1. The van der Waals surface area contributed by atoms with Crippen molar-refractivity contribution in [3.8, 4) is 11.9 Å². The Morgan fingerprint density at radius 2 is 0.957 bits per heavy atom. The van der Waals surface area contributed by atoms with E-state index in [1.165, 1.54) is 40.1 Å². The van der Waals surface area contributed by atoms with E-state index in [0.717, 1.165) is 120 Å². The Morgan fingerprint density at radius 3 is 1.41 bits per heavy atom. The molecule has 0 radical (unpaired) electrons.